The number of rotatable bonds is 4. The van der Waals surface area contributed by atoms with Gasteiger partial charge in [-0.2, -0.15) is 0 Å². The van der Waals surface area contributed by atoms with Gasteiger partial charge < -0.3 is 15.1 Å². The second-order valence-electron chi connectivity index (χ2n) is 5.62. The highest BCUT2D eigenvalue weighted by Crippen LogP contribution is 2.17. The number of carbonyl (C=O) groups excluding carboxylic acids is 1. The van der Waals surface area contributed by atoms with E-state index in [1.807, 2.05) is 29.2 Å². The smallest absolute Gasteiger partial charge is 0.253 e. The zero-order valence-electron chi connectivity index (χ0n) is 12.7. The number of likely N-dealkylation sites (tertiary alicyclic amines) is 1. The maximum absolute atomic E-state index is 12.5. The molecule has 1 aliphatic heterocycles. The molecule has 1 aliphatic rings. The molecular formula is C16H25N3O. The van der Waals surface area contributed by atoms with Crippen molar-refractivity contribution in [3.63, 3.8) is 0 Å². The van der Waals surface area contributed by atoms with Crippen molar-refractivity contribution in [1.29, 1.82) is 0 Å². The fourth-order valence-corrected chi connectivity index (χ4v) is 2.68. The summed E-state index contributed by atoms with van der Waals surface area (Å²) < 4.78 is 0. The molecular weight excluding hydrogens is 250 g/mol. The van der Waals surface area contributed by atoms with Crippen LogP contribution in [0.5, 0.6) is 0 Å². The van der Waals surface area contributed by atoms with Crippen LogP contribution in [0.15, 0.2) is 24.3 Å². The molecule has 110 valence electrons. The Labute approximate surface area is 121 Å². The van der Waals surface area contributed by atoms with E-state index in [9.17, 15) is 4.79 Å². The highest BCUT2D eigenvalue weighted by atomic mass is 16.2. The van der Waals surface area contributed by atoms with Crippen LogP contribution in [0, 0.1) is 0 Å². The normalized spacial score (nSPS) is 19.2. The van der Waals surface area contributed by atoms with Gasteiger partial charge in [0.15, 0.2) is 0 Å². The van der Waals surface area contributed by atoms with Crippen LogP contribution >= 0.6 is 0 Å². The monoisotopic (exact) mass is 275 g/mol. The third-order valence-corrected chi connectivity index (χ3v) is 3.93. The Morgan fingerprint density at radius 2 is 2.05 bits per heavy atom. The highest BCUT2D eigenvalue weighted by molar-refractivity contribution is 5.94. The lowest BCUT2D eigenvalue weighted by Gasteiger charge is -2.36. The molecule has 0 spiro atoms. The molecule has 0 bridgehead atoms. The lowest BCUT2D eigenvalue weighted by Crippen LogP contribution is -2.47. The average molecular weight is 275 g/mol. The Morgan fingerprint density at radius 1 is 1.35 bits per heavy atom. The Hall–Kier alpha value is -1.55. The van der Waals surface area contributed by atoms with Crippen molar-refractivity contribution in [2.24, 2.45) is 0 Å². The Balaban J connectivity index is 2.02. The maximum Gasteiger partial charge on any atom is 0.253 e. The molecule has 0 aliphatic carbocycles. The van der Waals surface area contributed by atoms with Crippen molar-refractivity contribution in [3.05, 3.63) is 29.8 Å². The molecule has 1 heterocycles. The molecule has 0 radical (unpaired) electrons. The second-order valence-corrected chi connectivity index (χ2v) is 5.62. The van der Waals surface area contributed by atoms with E-state index in [2.05, 4.69) is 31.2 Å². The van der Waals surface area contributed by atoms with Gasteiger partial charge in [-0.1, -0.05) is 0 Å². The Bertz CT molecular complexity index is 442. The molecule has 0 aromatic heterocycles. The standard InChI is InChI=1S/C16H25N3O/c1-4-17-14-9-7-13(8-10-14)16(20)19-11-5-6-15(12-19)18(2)3/h7-10,15,17H,4-6,11-12H2,1-3H3. The molecule has 4 nitrogen and oxygen atoms in total. The van der Waals surface area contributed by atoms with Gasteiger partial charge in [0.05, 0.1) is 0 Å². The maximum atomic E-state index is 12.5. The molecule has 1 amide bonds. The van der Waals surface area contributed by atoms with Gasteiger partial charge in [-0.15, -0.1) is 0 Å². The molecule has 1 aromatic carbocycles. The molecule has 1 N–H and O–H groups in total. The number of anilines is 1. The summed E-state index contributed by atoms with van der Waals surface area (Å²) in [6.45, 7) is 4.66. The summed E-state index contributed by atoms with van der Waals surface area (Å²) in [6, 6.07) is 8.27. The summed E-state index contributed by atoms with van der Waals surface area (Å²) in [5.74, 6) is 0.152. The third-order valence-electron chi connectivity index (χ3n) is 3.93. The number of nitrogens with zero attached hydrogens (tertiary/aromatic N) is 2. The number of hydrogen-bond acceptors (Lipinski definition) is 3. The number of hydrogen-bond donors (Lipinski definition) is 1. The van der Waals surface area contributed by atoms with E-state index in [0.29, 0.717) is 6.04 Å². The molecule has 1 saturated heterocycles. The lowest BCUT2D eigenvalue weighted by molar-refractivity contribution is 0.0635. The number of piperidine rings is 1. The van der Waals surface area contributed by atoms with Gasteiger partial charge in [-0.3, -0.25) is 4.79 Å². The molecule has 2 rings (SSSR count). The first kappa shape index (κ1) is 14.9. The minimum absolute atomic E-state index is 0.152. The van der Waals surface area contributed by atoms with Crippen LogP contribution in [0.2, 0.25) is 0 Å². The zero-order valence-corrected chi connectivity index (χ0v) is 12.7. The van der Waals surface area contributed by atoms with E-state index in [1.54, 1.807) is 0 Å². The van der Waals surface area contributed by atoms with Gasteiger partial charge in [0.2, 0.25) is 0 Å². The van der Waals surface area contributed by atoms with Gasteiger partial charge in [-0.05, 0) is 58.1 Å². The summed E-state index contributed by atoms with van der Waals surface area (Å²) in [6.07, 6.45) is 2.26. The zero-order chi connectivity index (χ0) is 14.5. The fourth-order valence-electron chi connectivity index (χ4n) is 2.68. The Morgan fingerprint density at radius 3 is 2.65 bits per heavy atom. The number of nitrogens with one attached hydrogen (secondary N) is 1. The van der Waals surface area contributed by atoms with Crippen molar-refractivity contribution in [1.82, 2.24) is 9.80 Å². The SMILES string of the molecule is CCNc1ccc(C(=O)N2CCCC(N(C)C)C2)cc1. The first-order chi connectivity index (χ1) is 9.61. The summed E-state index contributed by atoms with van der Waals surface area (Å²) in [7, 11) is 4.17. The van der Waals surface area contributed by atoms with Crippen LogP contribution in [-0.4, -0.2) is 55.5 Å². The predicted octanol–water partition coefficient (Wildman–Crippen LogP) is 2.28. The number of amides is 1. The van der Waals surface area contributed by atoms with Gasteiger partial charge in [0.25, 0.3) is 5.91 Å². The molecule has 4 heteroatoms. The lowest BCUT2D eigenvalue weighted by atomic mass is 10.0. The first-order valence-electron chi connectivity index (χ1n) is 7.41. The average Bonchev–Trinajstić information content (AvgIpc) is 2.48. The highest BCUT2D eigenvalue weighted by Gasteiger charge is 2.25. The summed E-state index contributed by atoms with van der Waals surface area (Å²) >= 11 is 0. The minimum atomic E-state index is 0.152. The van der Waals surface area contributed by atoms with Crippen LogP contribution in [0.1, 0.15) is 30.1 Å². The first-order valence-corrected chi connectivity index (χ1v) is 7.41. The van der Waals surface area contributed by atoms with Gasteiger partial charge in [-0.25, -0.2) is 0 Å². The number of likely N-dealkylation sites (N-methyl/N-ethyl adjacent to an activating group) is 1. The second kappa shape index (κ2) is 6.75. The van der Waals surface area contributed by atoms with Crippen molar-refractivity contribution in [2.75, 3.05) is 39.0 Å². The largest absolute Gasteiger partial charge is 0.385 e. The Kier molecular flexibility index (Phi) is 5.01. The van der Waals surface area contributed by atoms with E-state index in [1.165, 1.54) is 6.42 Å². The molecule has 0 saturated carbocycles. The number of carbonyl (C=O) groups is 1. The summed E-state index contributed by atoms with van der Waals surface area (Å²) in [5, 5.41) is 3.24. The molecule has 1 atom stereocenters. The molecule has 1 fully saturated rings. The van der Waals surface area contributed by atoms with Crippen molar-refractivity contribution in [3.8, 4) is 0 Å². The van der Waals surface area contributed by atoms with E-state index < -0.39 is 0 Å². The topological polar surface area (TPSA) is 35.6 Å². The van der Waals surface area contributed by atoms with Gasteiger partial charge >= 0.3 is 0 Å². The summed E-state index contributed by atoms with van der Waals surface area (Å²) in [4.78, 5) is 16.7. The van der Waals surface area contributed by atoms with Crippen LogP contribution in [-0.2, 0) is 0 Å². The van der Waals surface area contributed by atoms with E-state index >= 15 is 0 Å². The molecule has 20 heavy (non-hydrogen) atoms. The molecule has 1 unspecified atom stereocenters. The fraction of sp³-hybridized carbons (Fsp3) is 0.562. The van der Waals surface area contributed by atoms with Crippen molar-refractivity contribution >= 4 is 11.6 Å². The summed E-state index contributed by atoms with van der Waals surface area (Å²) in [5.41, 5.74) is 1.85. The van der Waals surface area contributed by atoms with Gasteiger partial charge in [0, 0.05) is 36.9 Å². The molecule has 1 aromatic rings. The van der Waals surface area contributed by atoms with Crippen LogP contribution < -0.4 is 5.32 Å². The quantitative estimate of drug-likeness (QED) is 0.915. The van der Waals surface area contributed by atoms with Gasteiger partial charge in [0.1, 0.15) is 0 Å². The van der Waals surface area contributed by atoms with Crippen molar-refractivity contribution < 1.29 is 4.79 Å². The van der Waals surface area contributed by atoms with E-state index in [0.717, 1.165) is 37.3 Å². The van der Waals surface area contributed by atoms with E-state index in [4.69, 9.17) is 0 Å². The third kappa shape index (κ3) is 3.51. The minimum Gasteiger partial charge on any atom is -0.385 e. The van der Waals surface area contributed by atoms with E-state index in [-0.39, 0.29) is 5.91 Å². The van der Waals surface area contributed by atoms with Crippen LogP contribution in [0.25, 0.3) is 0 Å². The van der Waals surface area contributed by atoms with Crippen molar-refractivity contribution in [2.45, 2.75) is 25.8 Å². The number of benzene rings is 1. The predicted molar refractivity (Wildman–Crippen MR) is 83.2 cm³/mol. The van der Waals surface area contributed by atoms with Crippen LogP contribution in [0.4, 0.5) is 5.69 Å². The van der Waals surface area contributed by atoms with Crippen LogP contribution in [0.3, 0.4) is 0 Å².